The van der Waals surface area contributed by atoms with E-state index in [1.54, 1.807) is 31.2 Å². The summed E-state index contributed by atoms with van der Waals surface area (Å²) in [5.41, 5.74) is 0.752. The number of alkyl halides is 3. The molecule has 2 heterocycles. The number of halogens is 4. The maximum atomic E-state index is 13.3. The number of hydrogen-bond acceptors (Lipinski definition) is 5. The van der Waals surface area contributed by atoms with Crippen molar-refractivity contribution < 1.29 is 21.6 Å². The Morgan fingerprint density at radius 3 is 2.37 bits per heavy atom. The van der Waals surface area contributed by atoms with Gasteiger partial charge in [-0.15, -0.1) is 0 Å². The maximum Gasteiger partial charge on any atom is 0.416 e. The van der Waals surface area contributed by atoms with E-state index in [2.05, 4.69) is 9.71 Å². The molecular formula is C24H24ClF3N4O2S. The Balaban J connectivity index is 1.36. The van der Waals surface area contributed by atoms with Gasteiger partial charge < -0.3 is 4.90 Å². The van der Waals surface area contributed by atoms with Crippen LogP contribution in [0.25, 0.3) is 0 Å². The molecule has 0 saturated carbocycles. The van der Waals surface area contributed by atoms with Gasteiger partial charge in [-0.2, -0.15) is 13.2 Å². The molecule has 0 bridgehead atoms. The van der Waals surface area contributed by atoms with Crippen LogP contribution in [-0.4, -0.2) is 44.5 Å². The van der Waals surface area contributed by atoms with Gasteiger partial charge in [0.25, 0.3) is 10.0 Å². The van der Waals surface area contributed by atoms with Crippen molar-refractivity contribution >= 4 is 33.1 Å². The molecule has 1 saturated heterocycles. The average Bonchev–Trinajstić information content (AvgIpc) is 2.81. The van der Waals surface area contributed by atoms with Crippen LogP contribution in [0.15, 0.2) is 65.7 Å². The number of anilines is 2. The van der Waals surface area contributed by atoms with Crippen molar-refractivity contribution in [2.45, 2.75) is 24.5 Å². The van der Waals surface area contributed by atoms with Crippen LogP contribution < -0.4 is 9.62 Å². The third-order valence-electron chi connectivity index (χ3n) is 5.87. The molecule has 11 heteroatoms. The zero-order chi connectivity index (χ0) is 25.2. The van der Waals surface area contributed by atoms with Crippen molar-refractivity contribution in [1.82, 2.24) is 9.88 Å². The van der Waals surface area contributed by atoms with Crippen molar-refractivity contribution in [2.24, 2.45) is 0 Å². The van der Waals surface area contributed by atoms with Gasteiger partial charge in [-0.05, 0) is 48.4 Å². The second kappa shape index (κ2) is 10.0. The van der Waals surface area contributed by atoms with Gasteiger partial charge in [0.05, 0.1) is 22.3 Å². The summed E-state index contributed by atoms with van der Waals surface area (Å²) in [6.45, 7) is 4.35. The summed E-state index contributed by atoms with van der Waals surface area (Å²) in [6.07, 6.45) is -2.94. The molecule has 0 unspecified atom stereocenters. The summed E-state index contributed by atoms with van der Waals surface area (Å²) in [5, 5.41) is 0.363. The number of aryl methyl sites for hydroxylation is 1. The first-order valence-corrected chi connectivity index (χ1v) is 12.8. The van der Waals surface area contributed by atoms with Crippen molar-refractivity contribution in [3.05, 3.63) is 82.5 Å². The summed E-state index contributed by atoms with van der Waals surface area (Å²) < 4.78 is 67.6. The SMILES string of the molecule is Cc1ccc(S(=O)(=O)Nc2ccc(N3CCN(Cc4ccccc4C(F)(F)F)CC3)nc2)cc1Cl. The molecule has 2 aromatic carbocycles. The number of hydrogen-bond donors (Lipinski definition) is 1. The fourth-order valence-electron chi connectivity index (χ4n) is 3.90. The Kier molecular flexibility index (Phi) is 7.25. The molecule has 1 aliphatic rings. The second-order valence-electron chi connectivity index (χ2n) is 8.34. The first-order chi connectivity index (χ1) is 16.5. The Bertz CT molecular complexity index is 1290. The molecule has 1 fully saturated rings. The molecule has 4 rings (SSSR count). The van der Waals surface area contributed by atoms with E-state index >= 15 is 0 Å². The summed E-state index contributed by atoms with van der Waals surface area (Å²) >= 11 is 6.05. The minimum atomic E-state index is -4.38. The molecule has 0 radical (unpaired) electrons. The Labute approximate surface area is 207 Å². The predicted octanol–water partition coefficient (Wildman–Crippen LogP) is 5.19. The smallest absolute Gasteiger partial charge is 0.354 e. The van der Waals surface area contributed by atoms with E-state index in [0.29, 0.717) is 42.7 Å². The molecule has 186 valence electrons. The number of benzene rings is 2. The molecule has 1 aromatic heterocycles. The van der Waals surface area contributed by atoms with Gasteiger partial charge >= 0.3 is 6.18 Å². The Morgan fingerprint density at radius 2 is 1.74 bits per heavy atom. The first-order valence-electron chi connectivity index (χ1n) is 10.9. The van der Waals surface area contributed by atoms with E-state index in [1.807, 2.05) is 9.80 Å². The van der Waals surface area contributed by atoms with E-state index in [9.17, 15) is 21.6 Å². The van der Waals surface area contributed by atoms with Crippen molar-refractivity contribution in [1.29, 1.82) is 0 Å². The van der Waals surface area contributed by atoms with E-state index in [4.69, 9.17) is 11.6 Å². The molecule has 6 nitrogen and oxygen atoms in total. The van der Waals surface area contributed by atoms with Crippen molar-refractivity contribution in [2.75, 3.05) is 35.8 Å². The van der Waals surface area contributed by atoms with Crippen LogP contribution in [0.2, 0.25) is 5.02 Å². The Morgan fingerprint density at radius 1 is 1.03 bits per heavy atom. The molecular weight excluding hydrogens is 501 g/mol. The fourth-order valence-corrected chi connectivity index (χ4v) is 5.21. The zero-order valence-corrected chi connectivity index (χ0v) is 20.5. The molecule has 0 spiro atoms. The number of rotatable bonds is 6. The van der Waals surface area contributed by atoms with E-state index in [-0.39, 0.29) is 17.0 Å². The number of aromatic nitrogens is 1. The number of nitrogens with zero attached hydrogens (tertiary/aromatic N) is 3. The van der Waals surface area contributed by atoms with Gasteiger partial charge in [0.2, 0.25) is 0 Å². The van der Waals surface area contributed by atoms with Crippen LogP contribution >= 0.6 is 11.6 Å². The van der Waals surface area contributed by atoms with Gasteiger partial charge in [0.15, 0.2) is 0 Å². The van der Waals surface area contributed by atoms with Gasteiger partial charge in [0.1, 0.15) is 5.82 Å². The van der Waals surface area contributed by atoms with Gasteiger partial charge in [-0.3, -0.25) is 9.62 Å². The fraction of sp³-hybridized carbons (Fsp3) is 0.292. The number of nitrogens with one attached hydrogen (secondary N) is 1. The van der Waals surface area contributed by atoms with Crippen LogP contribution in [-0.2, 0) is 22.7 Å². The highest BCUT2D eigenvalue weighted by Crippen LogP contribution is 2.32. The average molecular weight is 525 g/mol. The lowest BCUT2D eigenvalue weighted by molar-refractivity contribution is -0.138. The minimum Gasteiger partial charge on any atom is -0.354 e. The lowest BCUT2D eigenvalue weighted by Crippen LogP contribution is -2.46. The van der Waals surface area contributed by atoms with E-state index in [1.165, 1.54) is 30.5 Å². The quantitative estimate of drug-likeness (QED) is 0.481. The summed E-state index contributed by atoms with van der Waals surface area (Å²) in [7, 11) is -3.82. The summed E-state index contributed by atoms with van der Waals surface area (Å²) in [5.74, 6) is 0.668. The second-order valence-corrected chi connectivity index (χ2v) is 10.4. The first kappa shape index (κ1) is 25.3. The summed E-state index contributed by atoms with van der Waals surface area (Å²) in [6, 6.07) is 13.5. The van der Waals surface area contributed by atoms with E-state index in [0.717, 1.165) is 11.6 Å². The zero-order valence-electron chi connectivity index (χ0n) is 18.9. The highest BCUT2D eigenvalue weighted by molar-refractivity contribution is 7.92. The summed E-state index contributed by atoms with van der Waals surface area (Å²) in [4.78, 5) is 8.43. The number of sulfonamides is 1. The molecule has 1 aliphatic heterocycles. The standard InChI is InChI=1S/C24H24ClF3N4O2S/c1-17-6-8-20(14-22(17)25)35(33,34)30-19-7-9-23(29-15-19)32-12-10-31(11-13-32)16-18-4-2-3-5-21(18)24(26,27)28/h2-9,14-15,30H,10-13,16H2,1H3. The highest BCUT2D eigenvalue weighted by Gasteiger charge is 2.33. The molecule has 0 aliphatic carbocycles. The van der Waals surface area contributed by atoms with Gasteiger partial charge in [0, 0.05) is 37.7 Å². The molecule has 3 aromatic rings. The lowest BCUT2D eigenvalue weighted by Gasteiger charge is -2.35. The largest absolute Gasteiger partial charge is 0.416 e. The van der Waals surface area contributed by atoms with Crippen molar-refractivity contribution in [3.8, 4) is 0 Å². The normalized spacial score (nSPS) is 15.3. The van der Waals surface area contributed by atoms with Crippen LogP contribution in [0.1, 0.15) is 16.7 Å². The van der Waals surface area contributed by atoms with Crippen LogP contribution in [0.5, 0.6) is 0 Å². The minimum absolute atomic E-state index is 0.0559. The maximum absolute atomic E-state index is 13.3. The van der Waals surface area contributed by atoms with Crippen LogP contribution in [0, 0.1) is 6.92 Å². The molecule has 0 atom stereocenters. The highest BCUT2D eigenvalue weighted by atomic mass is 35.5. The van der Waals surface area contributed by atoms with Gasteiger partial charge in [-0.1, -0.05) is 35.9 Å². The van der Waals surface area contributed by atoms with E-state index < -0.39 is 21.8 Å². The monoisotopic (exact) mass is 524 g/mol. The van der Waals surface area contributed by atoms with Crippen LogP contribution in [0.4, 0.5) is 24.7 Å². The van der Waals surface area contributed by atoms with Gasteiger partial charge in [-0.25, -0.2) is 13.4 Å². The number of pyridine rings is 1. The third-order valence-corrected chi connectivity index (χ3v) is 7.65. The molecule has 35 heavy (non-hydrogen) atoms. The molecule has 0 amide bonds. The number of piperazine rings is 1. The third kappa shape index (κ3) is 6.06. The predicted molar refractivity (Wildman–Crippen MR) is 130 cm³/mol. The Hall–Kier alpha value is -2.82. The molecule has 1 N–H and O–H groups in total. The lowest BCUT2D eigenvalue weighted by atomic mass is 10.1. The topological polar surface area (TPSA) is 65.5 Å². The van der Waals surface area contributed by atoms with Crippen molar-refractivity contribution in [3.63, 3.8) is 0 Å². The van der Waals surface area contributed by atoms with Crippen LogP contribution in [0.3, 0.4) is 0 Å².